The molecule has 1 aromatic carbocycles. The van der Waals surface area contributed by atoms with Gasteiger partial charge in [0.15, 0.2) is 0 Å². The van der Waals surface area contributed by atoms with Crippen LogP contribution in [0.15, 0.2) is 24.3 Å². The van der Waals surface area contributed by atoms with E-state index in [1.807, 2.05) is 31.2 Å². The first kappa shape index (κ1) is 15.8. The third-order valence-corrected chi connectivity index (χ3v) is 5.54. The smallest absolute Gasteiger partial charge is 0.119 e. The lowest BCUT2D eigenvalue weighted by Gasteiger charge is -2.29. The third kappa shape index (κ3) is 3.82. The van der Waals surface area contributed by atoms with Gasteiger partial charge in [0.25, 0.3) is 0 Å². The van der Waals surface area contributed by atoms with Crippen LogP contribution in [0.25, 0.3) is 0 Å². The van der Waals surface area contributed by atoms with Gasteiger partial charge in [-0.1, -0.05) is 18.6 Å². The number of aryl methyl sites for hydroxylation is 1. The molecule has 3 nitrogen and oxygen atoms in total. The molecule has 1 aromatic rings. The van der Waals surface area contributed by atoms with E-state index in [0.29, 0.717) is 19.2 Å². The van der Waals surface area contributed by atoms with Crippen LogP contribution in [0.5, 0.6) is 5.75 Å². The van der Waals surface area contributed by atoms with Crippen molar-refractivity contribution in [2.24, 2.45) is 17.8 Å². The van der Waals surface area contributed by atoms with E-state index in [-0.39, 0.29) is 0 Å². The predicted molar refractivity (Wildman–Crippen MR) is 89.1 cm³/mol. The molecule has 2 N–H and O–H groups in total. The maximum absolute atomic E-state index is 10.1. The zero-order chi connectivity index (χ0) is 15.5. The first-order valence-corrected chi connectivity index (χ1v) is 8.72. The molecule has 0 radical (unpaired) electrons. The normalized spacial score (nSPS) is 29.5. The zero-order valence-corrected chi connectivity index (χ0v) is 13.8. The minimum atomic E-state index is -0.457. The lowest BCUT2D eigenvalue weighted by atomic mass is 9.84. The molecular weight excluding hydrogens is 274 g/mol. The van der Waals surface area contributed by atoms with Crippen molar-refractivity contribution in [1.29, 1.82) is 0 Å². The lowest BCUT2D eigenvalue weighted by molar-refractivity contribution is 0.0993. The topological polar surface area (TPSA) is 41.5 Å². The van der Waals surface area contributed by atoms with Gasteiger partial charge in [0.05, 0.1) is 0 Å². The van der Waals surface area contributed by atoms with Crippen LogP contribution < -0.4 is 10.1 Å². The molecule has 0 aromatic heterocycles. The van der Waals surface area contributed by atoms with Crippen LogP contribution >= 0.6 is 0 Å². The Kier molecular flexibility index (Phi) is 5.04. The van der Waals surface area contributed by atoms with E-state index in [0.717, 1.165) is 23.5 Å². The highest BCUT2D eigenvalue weighted by molar-refractivity contribution is 5.27. The molecule has 0 aliphatic heterocycles. The summed E-state index contributed by atoms with van der Waals surface area (Å²) in [4.78, 5) is 0. The van der Waals surface area contributed by atoms with Gasteiger partial charge < -0.3 is 15.2 Å². The summed E-state index contributed by atoms with van der Waals surface area (Å²) >= 11 is 0. The van der Waals surface area contributed by atoms with Crippen LogP contribution in [0, 0.1) is 24.7 Å². The van der Waals surface area contributed by atoms with Gasteiger partial charge in [0.2, 0.25) is 0 Å². The van der Waals surface area contributed by atoms with Crippen molar-refractivity contribution in [2.45, 2.75) is 51.7 Å². The average molecular weight is 303 g/mol. The summed E-state index contributed by atoms with van der Waals surface area (Å²) < 4.78 is 5.67. The highest BCUT2D eigenvalue weighted by Gasteiger charge is 2.41. The fourth-order valence-corrected chi connectivity index (χ4v) is 4.34. The highest BCUT2D eigenvalue weighted by Crippen LogP contribution is 2.49. The highest BCUT2D eigenvalue weighted by atomic mass is 16.5. The summed E-state index contributed by atoms with van der Waals surface area (Å²) in [7, 11) is 0. The van der Waals surface area contributed by atoms with Crippen LogP contribution in [-0.4, -0.2) is 30.4 Å². The van der Waals surface area contributed by atoms with Crippen LogP contribution in [0.2, 0.25) is 0 Å². The van der Waals surface area contributed by atoms with Crippen molar-refractivity contribution in [1.82, 2.24) is 5.32 Å². The second-order valence-electron chi connectivity index (χ2n) is 7.32. The molecule has 0 amide bonds. The van der Waals surface area contributed by atoms with Gasteiger partial charge in [-0.25, -0.2) is 0 Å². The van der Waals surface area contributed by atoms with E-state index in [9.17, 15) is 5.11 Å². The largest absolute Gasteiger partial charge is 0.491 e. The van der Waals surface area contributed by atoms with E-state index in [4.69, 9.17) is 4.74 Å². The van der Waals surface area contributed by atoms with E-state index in [2.05, 4.69) is 12.2 Å². The Hall–Kier alpha value is -1.06. The minimum absolute atomic E-state index is 0.347. The number of ether oxygens (including phenoxy) is 1. The van der Waals surface area contributed by atoms with Crippen molar-refractivity contribution in [2.75, 3.05) is 13.2 Å². The Morgan fingerprint density at radius 3 is 2.86 bits per heavy atom. The molecule has 3 heteroatoms. The zero-order valence-electron chi connectivity index (χ0n) is 13.8. The SMILES string of the molecule is Cc1cccc(OC[C@H](O)CN[C@@H](C)[C@H]2C[C@H]3CC[C@H]2C3)c1. The number of fused-ring (bicyclic) bond motifs is 2. The molecule has 2 saturated carbocycles. The molecule has 0 unspecified atom stereocenters. The molecule has 2 aliphatic rings. The van der Waals surface area contributed by atoms with Gasteiger partial charge in [0, 0.05) is 12.6 Å². The second kappa shape index (κ2) is 7.01. The minimum Gasteiger partial charge on any atom is -0.491 e. The van der Waals surface area contributed by atoms with Crippen LogP contribution in [-0.2, 0) is 0 Å². The molecule has 22 heavy (non-hydrogen) atoms. The number of aliphatic hydroxyl groups is 1. The Labute approximate surface area is 134 Å². The van der Waals surface area contributed by atoms with Crippen molar-refractivity contribution in [3.8, 4) is 5.75 Å². The van der Waals surface area contributed by atoms with E-state index in [1.54, 1.807) is 0 Å². The maximum atomic E-state index is 10.1. The predicted octanol–water partition coefficient (Wildman–Crippen LogP) is 3.15. The van der Waals surface area contributed by atoms with Crippen molar-refractivity contribution in [3.63, 3.8) is 0 Å². The third-order valence-electron chi connectivity index (χ3n) is 5.54. The molecule has 0 heterocycles. The number of rotatable bonds is 7. The van der Waals surface area contributed by atoms with Crippen LogP contribution in [0.4, 0.5) is 0 Å². The van der Waals surface area contributed by atoms with E-state index >= 15 is 0 Å². The number of hydrogen-bond donors (Lipinski definition) is 2. The Morgan fingerprint density at radius 1 is 1.32 bits per heavy atom. The van der Waals surface area contributed by atoms with Gasteiger partial charge >= 0.3 is 0 Å². The quantitative estimate of drug-likeness (QED) is 0.813. The fourth-order valence-electron chi connectivity index (χ4n) is 4.34. The molecule has 2 fully saturated rings. The number of nitrogens with one attached hydrogen (secondary N) is 1. The summed E-state index contributed by atoms with van der Waals surface area (Å²) in [6.45, 7) is 5.28. The summed E-state index contributed by atoms with van der Waals surface area (Å²) in [6.07, 6.45) is 5.23. The first-order chi connectivity index (χ1) is 10.6. The number of benzene rings is 1. The summed E-state index contributed by atoms with van der Waals surface area (Å²) in [5.74, 6) is 3.55. The Morgan fingerprint density at radius 2 is 2.18 bits per heavy atom. The Bertz CT molecular complexity index is 490. The number of aliphatic hydroxyl groups excluding tert-OH is 1. The fraction of sp³-hybridized carbons (Fsp3) is 0.684. The van der Waals surface area contributed by atoms with Crippen LogP contribution in [0.1, 0.15) is 38.2 Å². The van der Waals surface area contributed by atoms with Crippen molar-refractivity contribution >= 4 is 0 Å². The van der Waals surface area contributed by atoms with Crippen molar-refractivity contribution < 1.29 is 9.84 Å². The summed E-state index contributed by atoms with van der Waals surface area (Å²) in [6, 6.07) is 8.46. The maximum Gasteiger partial charge on any atom is 0.119 e. The molecule has 5 atom stereocenters. The Balaban J connectivity index is 1.38. The van der Waals surface area contributed by atoms with E-state index < -0.39 is 6.10 Å². The molecule has 0 spiro atoms. The molecule has 122 valence electrons. The summed E-state index contributed by atoms with van der Waals surface area (Å²) in [5.41, 5.74) is 1.18. The molecular formula is C19H29NO2. The first-order valence-electron chi connectivity index (χ1n) is 8.72. The van der Waals surface area contributed by atoms with Crippen molar-refractivity contribution in [3.05, 3.63) is 29.8 Å². The van der Waals surface area contributed by atoms with Gasteiger partial charge in [-0.2, -0.15) is 0 Å². The van der Waals surface area contributed by atoms with Gasteiger partial charge in [-0.05, 0) is 68.6 Å². The van der Waals surface area contributed by atoms with Crippen LogP contribution in [0.3, 0.4) is 0 Å². The monoisotopic (exact) mass is 303 g/mol. The number of hydrogen-bond acceptors (Lipinski definition) is 3. The van der Waals surface area contributed by atoms with E-state index in [1.165, 1.54) is 31.2 Å². The standard InChI is InChI=1S/C19H29NO2/c1-13-4-3-5-18(8-13)22-12-17(21)11-20-14(2)19-10-15-6-7-16(19)9-15/h3-5,8,14-17,19-21H,6-7,9-12H2,1-2H3/t14-,15-,16-,17+,19+/m0/s1. The van der Waals surface area contributed by atoms with Gasteiger partial charge in [-0.3, -0.25) is 0 Å². The average Bonchev–Trinajstić information content (AvgIpc) is 3.13. The van der Waals surface area contributed by atoms with Gasteiger partial charge in [-0.15, -0.1) is 0 Å². The summed E-state index contributed by atoms with van der Waals surface area (Å²) in [5, 5.41) is 13.6. The lowest BCUT2D eigenvalue weighted by Crippen LogP contribution is -2.41. The second-order valence-corrected chi connectivity index (χ2v) is 7.32. The molecule has 3 rings (SSSR count). The molecule has 2 bridgehead atoms. The molecule has 2 aliphatic carbocycles. The van der Waals surface area contributed by atoms with Gasteiger partial charge in [0.1, 0.15) is 18.5 Å². The molecule has 0 saturated heterocycles.